The molecule has 1 aromatic rings. The highest BCUT2D eigenvalue weighted by molar-refractivity contribution is 5.31. The summed E-state index contributed by atoms with van der Waals surface area (Å²) in [6.07, 6.45) is -4.80. The molecule has 1 unspecified atom stereocenters. The van der Waals surface area contributed by atoms with E-state index < -0.39 is 18.7 Å². The smallest absolute Gasteiger partial charge is 0.391 e. The van der Waals surface area contributed by atoms with Gasteiger partial charge in [-0.25, -0.2) is 0 Å². The van der Waals surface area contributed by atoms with Crippen LogP contribution in [0.25, 0.3) is 0 Å². The van der Waals surface area contributed by atoms with E-state index in [9.17, 15) is 18.3 Å². The van der Waals surface area contributed by atoms with E-state index in [1.807, 2.05) is 0 Å². The summed E-state index contributed by atoms with van der Waals surface area (Å²) in [4.78, 5) is 0. The molecule has 0 heterocycles. The molecule has 6 heteroatoms. The zero-order valence-corrected chi connectivity index (χ0v) is 10.9. The monoisotopic (exact) mass is 290 g/mol. The molecule has 0 aliphatic heterocycles. The fourth-order valence-electron chi connectivity index (χ4n) is 1.65. The number of alkyl halides is 3. The van der Waals surface area contributed by atoms with Gasteiger partial charge in [-0.1, -0.05) is 0 Å². The average Bonchev–Trinajstić information content (AvgIpc) is 3.17. The Kier molecular flexibility index (Phi) is 4.75. The van der Waals surface area contributed by atoms with Gasteiger partial charge in [0.05, 0.1) is 19.1 Å². The van der Waals surface area contributed by atoms with Gasteiger partial charge in [-0.05, 0) is 43.0 Å². The molecular weight excluding hydrogens is 273 g/mol. The SMILES string of the molecule is OC(COc1ccc(OCC2CC2)cc1)CC(F)(F)F. The first-order valence-electron chi connectivity index (χ1n) is 6.53. The quantitative estimate of drug-likeness (QED) is 0.838. The second-order valence-corrected chi connectivity index (χ2v) is 5.01. The predicted octanol–water partition coefficient (Wildman–Crippen LogP) is 3.17. The molecule has 1 N–H and O–H groups in total. The number of aliphatic hydroxyl groups is 1. The highest BCUT2D eigenvalue weighted by Crippen LogP contribution is 2.30. The molecule has 112 valence electrons. The number of hydrogen-bond donors (Lipinski definition) is 1. The Labute approximate surface area is 115 Å². The molecule has 0 amide bonds. The van der Waals surface area contributed by atoms with Gasteiger partial charge >= 0.3 is 6.18 Å². The molecule has 1 atom stereocenters. The number of rotatable bonds is 7. The lowest BCUT2D eigenvalue weighted by molar-refractivity contribution is -0.156. The van der Waals surface area contributed by atoms with Crippen LogP contribution in [0.5, 0.6) is 11.5 Å². The summed E-state index contributed by atoms with van der Waals surface area (Å²) in [5.74, 6) is 1.77. The number of benzene rings is 1. The molecule has 1 fully saturated rings. The molecule has 3 nitrogen and oxygen atoms in total. The zero-order valence-electron chi connectivity index (χ0n) is 10.9. The standard InChI is InChI=1S/C14H17F3O3/c15-14(16,17)7-11(18)9-20-13-5-3-12(4-6-13)19-8-10-1-2-10/h3-6,10-11,18H,1-2,7-9H2. The molecule has 0 saturated heterocycles. The third-order valence-electron chi connectivity index (χ3n) is 2.92. The van der Waals surface area contributed by atoms with Gasteiger partial charge < -0.3 is 14.6 Å². The summed E-state index contributed by atoms with van der Waals surface area (Å²) in [5, 5.41) is 9.18. The van der Waals surface area contributed by atoms with Crippen LogP contribution in [0.1, 0.15) is 19.3 Å². The van der Waals surface area contributed by atoms with Crippen LogP contribution < -0.4 is 9.47 Å². The van der Waals surface area contributed by atoms with E-state index in [1.54, 1.807) is 24.3 Å². The Balaban J connectivity index is 1.72. The Morgan fingerprint density at radius 3 is 2.15 bits per heavy atom. The Bertz CT molecular complexity index is 413. The van der Waals surface area contributed by atoms with Crippen LogP contribution in [0, 0.1) is 5.92 Å². The van der Waals surface area contributed by atoms with Crippen LogP contribution in [0.4, 0.5) is 13.2 Å². The van der Waals surface area contributed by atoms with Crippen LogP contribution in [-0.2, 0) is 0 Å². The summed E-state index contributed by atoms with van der Waals surface area (Å²) in [6.45, 7) is 0.312. The maximum Gasteiger partial charge on any atom is 0.391 e. The van der Waals surface area contributed by atoms with E-state index in [0.29, 0.717) is 24.0 Å². The van der Waals surface area contributed by atoms with Gasteiger partial charge in [0.1, 0.15) is 18.1 Å². The van der Waals surface area contributed by atoms with Crippen LogP contribution in [0.15, 0.2) is 24.3 Å². The lowest BCUT2D eigenvalue weighted by Gasteiger charge is -2.14. The van der Waals surface area contributed by atoms with Crippen molar-refractivity contribution < 1.29 is 27.8 Å². The minimum absolute atomic E-state index is 0.387. The van der Waals surface area contributed by atoms with Crippen molar-refractivity contribution in [2.75, 3.05) is 13.2 Å². The van der Waals surface area contributed by atoms with Crippen molar-refractivity contribution in [3.05, 3.63) is 24.3 Å². The topological polar surface area (TPSA) is 38.7 Å². The second-order valence-electron chi connectivity index (χ2n) is 5.01. The van der Waals surface area contributed by atoms with E-state index in [4.69, 9.17) is 9.47 Å². The highest BCUT2D eigenvalue weighted by atomic mass is 19.4. The number of aliphatic hydroxyl groups excluding tert-OH is 1. The normalized spacial score (nSPS) is 16.8. The van der Waals surface area contributed by atoms with Crippen molar-refractivity contribution in [1.82, 2.24) is 0 Å². The first-order valence-corrected chi connectivity index (χ1v) is 6.53. The summed E-state index contributed by atoms with van der Waals surface area (Å²) in [6, 6.07) is 6.63. The second kappa shape index (κ2) is 6.35. The Hall–Kier alpha value is -1.43. The van der Waals surface area contributed by atoms with Gasteiger partial charge in [0.15, 0.2) is 0 Å². The van der Waals surface area contributed by atoms with Crippen LogP contribution in [0.2, 0.25) is 0 Å². The molecule has 2 rings (SSSR count). The Morgan fingerprint density at radius 1 is 1.10 bits per heavy atom. The van der Waals surface area contributed by atoms with Crippen molar-refractivity contribution in [2.45, 2.75) is 31.5 Å². The van der Waals surface area contributed by atoms with E-state index in [1.165, 1.54) is 12.8 Å². The number of ether oxygens (including phenoxy) is 2. The molecular formula is C14H17F3O3. The minimum atomic E-state index is -4.39. The summed E-state index contributed by atoms with van der Waals surface area (Å²) in [5.41, 5.74) is 0. The van der Waals surface area contributed by atoms with Crippen molar-refractivity contribution >= 4 is 0 Å². The summed E-state index contributed by atoms with van der Waals surface area (Å²) < 4.78 is 46.6. The maximum atomic E-state index is 12.0. The molecule has 0 spiro atoms. The van der Waals surface area contributed by atoms with Crippen LogP contribution >= 0.6 is 0 Å². The van der Waals surface area contributed by atoms with Crippen LogP contribution in [-0.4, -0.2) is 30.6 Å². The average molecular weight is 290 g/mol. The van der Waals surface area contributed by atoms with Gasteiger partial charge in [-0.3, -0.25) is 0 Å². The molecule has 0 radical (unpaired) electrons. The van der Waals surface area contributed by atoms with E-state index in [2.05, 4.69) is 0 Å². The van der Waals surface area contributed by atoms with Gasteiger partial charge in [0.25, 0.3) is 0 Å². The van der Waals surface area contributed by atoms with Gasteiger partial charge in [-0.2, -0.15) is 13.2 Å². The first kappa shape index (κ1) is 15.0. The fraction of sp³-hybridized carbons (Fsp3) is 0.571. The van der Waals surface area contributed by atoms with Crippen molar-refractivity contribution in [2.24, 2.45) is 5.92 Å². The third-order valence-corrected chi connectivity index (χ3v) is 2.92. The Morgan fingerprint density at radius 2 is 1.65 bits per heavy atom. The van der Waals surface area contributed by atoms with Crippen molar-refractivity contribution in [3.63, 3.8) is 0 Å². The van der Waals surface area contributed by atoms with E-state index >= 15 is 0 Å². The summed E-state index contributed by atoms with van der Waals surface area (Å²) >= 11 is 0. The predicted molar refractivity (Wildman–Crippen MR) is 66.8 cm³/mol. The maximum absolute atomic E-state index is 12.0. The van der Waals surface area contributed by atoms with Crippen molar-refractivity contribution in [3.8, 4) is 11.5 Å². The zero-order chi connectivity index (χ0) is 14.6. The van der Waals surface area contributed by atoms with Crippen LogP contribution in [0.3, 0.4) is 0 Å². The third kappa shape index (κ3) is 5.69. The molecule has 1 saturated carbocycles. The van der Waals surface area contributed by atoms with E-state index in [0.717, 1.165) is 0 Å². The fourth-order valence-corrected chi connectivity index (χ4v) is 1.65. The molecule has 1 aliphatic rings. The molecule has 0 bridgehead atoms. The molecule has 1 aliphatic carbocycles. The van der Waals surface area contributed by atoms with Gasteiger partial charge in [0, 0.05) is 0 Å². The first-order chi connectivity index (χ1) is 9.42. The number of halogens is 3. The van der Waals surface area contributed by atoms with Crippen molar-refractivity contribution in [1.29, 1.82) is 0 Å². The summed E-state index contributed by atoms with van der Waals surface area (Å²) in [7, 11) is 0. The molecule has 20 heavy (non-hydrogen) atoms. The highest BCUT2D eigenvalue weighted by Gasteiger charge is 2.31. The lowest BCUT2D eigenvalue weighted by atomic mass is 10.2. The number of hydrogen-bond acceptors (Lipinski definition) is 3. The minimum Gasteiger partial charge on any atom is -0.493 e. The molecule has 0 aromatic heterocycles. The largest absolute Gasteiger partial charge is 0.493 e. The van der Waals surface area contributed by atoms with Gasteiger partial charge in [0.2, 0.25) is 0 Å². The van der Waals surface area contributed by atoms with E-state index in [-0.39, 0.29) is 6.61 Å². The lowest BCUT2D eigenvalue weighted by Crippen LogP contribution is -2.25. The molecule has 1 aromatic carbocycles. The van der Waals surface area contributed by atoms with Gasteiger partial charge in [-0.15, -0.1) is 0 Å².